The second-order valence-corrected chi connectivity index (χ2v) is 3.97. The van der Waals surface area contributed by atoms with Gasteiger partial charge in [0.15, 0.2) is 0 Å². The summed E-state index contributed by atoms with van der Waals surface area (Å²) in [5, 5.41) is 9.05. The Morgan fingerprint density at radius 1 is 1.60 bits per heavy atom. The van der Waals surface area contributed by atoms with Crippen LogP contribution in [-0.4, -0.2) is 39.2 Å². The molecule has 1 N–H and O–H groups in total. The summed E-state index contributed by atoms with van der Waals surface area (Å²) in [5.41, 5.74) is 0.882. The van der Waals surface area contributed by atoms with E-state index in [2.05, 4.69) is 30.8 Å². The zero-order valence-corrected chi connectivity index (χ0v) is 9.85. The maximum atomic E-state index is 9.05. The number of aliphatic hydroxyl groups excluding tert-OH is 1. The van der Waals surface area contributed by atoms with Crippen molar-refractivity contribution in [2.45, 2.75) is 39.5 Å². The molecule has 0 aromatic carbocycles. The van der Waals surface area contributed by atoms with Gasteiger partial charge in [0.2, 0.25) is 0 Å². The van der Waals surface area contributed by atoms with Gasteiger partial charge in [-0.3, -0.25) is 0 Å². The van der Waals surface area contributed by atoms with Crippen LogP contribution < -0.4 is 0 Å². The molecule has 4 heteroatoms. The van der Waals surface area contributed by atoms with Crippen LogP contribution in [-0.2, 0) is 13.2 Å². The highest BCUT2D eigenvalue weighted by Crippen LogP contribution is 2.03. The molecule has 1 unspecified atom stereocenters. The van der Waals surface area contributed by atoms with Gasteiger partial charge in [-0.1, -0.05) is 6.92 Å². The molecule has 0 saturated heterocycles. The topological polar surface area (TPSA) is 41.3 Å². The molecule has 0 aliphatic carbocycles. The van der Waals surface area contributed by atoms with Gasteiger partial charge in [0.05, 0.1) is 24.8 Å². The molecule has 86 valence electrons. The lowest BCUT2D eigenvalue weighted by Gasteiger charge is -2.23. The van der Waals surface area contributed by atoms with E-state index < -0.39 is 0 Å². The number of aromatic nitrogens is 2. The van der Waals surface area contributed by atoms with Crippen molar-refractivity contribution in [3.8, 4) is 0 Å². The molecule has 0 spiro atoms. The van der Waals surface area contributed by atoms with Crippen LogP contribution in [0.15, 0.2) is 12.5 Å². The van der Waals surface area contributed by atoms with Crippen molar-refractivity contribution in [3.05, 3.63) is 18.2 Å². The monoisotopic (exact) mass is 211 g/mol. The molecule has 0 fully saturated rings. The summed E-state index contributed by atoms with van der Waals surface area (Å²) in [6.45, 7) is 6.35. The van der Waals surface area contributed by atoms with Crippen molar-refractivity contribution in [3.63, 3.8) is 0 Å². The molecule has 0 aliphatic heterocycles. The lowest BCUT2D eigenvalue weighted by molar-refractivity contribution is 0.234. The van der Waals surface area contributed by atoms with E-state index in [9.17, 15) is 0 Å². The summed E-state index contributed by atoms with van der Waals surface area (Å²) in [4.78, 5) is 6.34. The second kappa shape index (κ2) is 5.88. The van der Waals surface area contributed by atoms with E-state index in [0.717, 1.165) is 25.2 Å². The minimum absolute atomic E-state index is 0.0625. The third-order valence-corrected chi connectivity index (χ3v) is 3.00. The van der Waals surface area contributed by atoms with Gasteiger partial charge in [0.25, 0.3) is 0 Å². The number of aliphatic hydroxyl groups is 1. The highest BCUT2D eigenvalue weighted by Gasteiger charge is 2.07. The van der Waals surface area contributed by atoms with Crippen LogP contribution in [0.5, 0.6) is 0 Å². The average Bonchev–Trinajstić information content (AvgIpc) is 2.71. The molecule has 1 aromatic heterocycles. The predicted octanol–water partition coefficient (Wildman–Crippen LogP) is 1.11. The van der Waals surface area contributed by atoms with Gasteiger partial charge in [0, 0.05) is 19.1 Å². The lowest BCUT2D eigenvalue weighted by atomic mass is 10.2. The van der Waals surface area contributed by atoms with Crippen LogP contribution in [0.3, 0.4) is 0 Å². The standard InChI is InChI=1S/C11H21N3O/c1-4-10(2)13(3)5-6-14-9-12-7-11(14)8-15/h7,9-10,15H,4-6,8H2,1-3H3. The van der Waals surface area contributed by atoms with Crippen molar-refractivity contribution in [2.24, 2.45) is 0 Å². The van der Waals surface area contributed by atoms with Crippen LogP contribution in [0, 0.1) is 0 Å². The van der Waals surface area contributed by atoms with E-state index >= 15 is 0 Å². The number of likely N-dealkylation sites (N-methyl/N-ethyl adjacent to an activating group) is 1. The van der Waals surface area contributed by atoms with Crippen LogP contribution in [0.2, 0.25) is 0 Å². The predicted molar refractivity (Wildman–Crippen MR) is 60.5 cm³/mol. The molecule has 0 aliphatic rings. The lowest BCUT2D eigenvalue weighted by Crippen LogP contribution is -2.31. The summed E-state index contributed by atoms with van der Waals surface area (Å²) < 4.78 is 2.00. The maximum absolute atomic E-state index is 9.05. The third-order valence-electron chi connectivity index (χ3n) is 3.00. The minimum atomic E-state index is 0.0625. The van der Waals surface area contributed by atoms with Crippen molar-refractivity contribution in [1.82, 2.24) is 14.5 Å². The second-order valence-electron chi connectivity index (χ2n) is 3.97. The minimum Gasteiger partial charge on any atom is -0.390 e. The van der Waals surface area contributed by atoms with E-state index in [4.69, 9.17) is 5.11 Å². The van der Waals surface area contributed by atoms with Gasteiger partial charge < -0.3 is 14.6 Å². The Bertz CT molecular complexity index is 285. The number of hydrogen-bond donors (Lipinski definition) is 1. The number of imidazole rings is 1. The van der Waals surface area contributed by atoms with Crippen LogP contribution >= 0.6 is 0 Å². The van der Waals surface area contributed by atoms with Gasteiger partial charge in [-0.25, -0.2) is 4.98 Å². The molecule has 0 amide bonds. The Morgan fingerprint density at radius 2 is 2.33 bits per heavy atom. The Kier molecular flexibility index (Phi) is 4.78. The first kappa shape index (κ1) is 12.2. The van der Waals surface area contributed by atoms with Gasteiger partial charge in [0.1, 0.15) is 0 Å². The molecule has 0 radical (unpaired) electrons. The van der Waals surface area contributed by atoms with E-state index in [1.54, 1.807) is 12.5 Å². The molecule has 0 bridgehead atoms. The molecule has 15 heavy (non-hydrogen) atoms. The fraction of sp³-hybridized carbons (Fsp3) is 0.727. The SMILES string of the molecule is CCC(C)N(C)CCn1cncc1CO. The molecular weight excluding hydrogens is 190 g/mol. The highest BCUT2D eigenvalue weighted by atomic mass is 16.3. The number of hydrogen-bond acceptors (Lipinski definition) is 3. The quantitative estimate of drug-likeness (QED) is 0.766. The smallest absolute Gasteiger partial charge is 0.0949 e. The summed E-state index contributed by atoms with van der Waals surface area (Å²) in [5.74, 6) is 0. The van der Waals surface area contributed by atoms with Crippen molar-refractivity contribution < 1.29 is 5.11 Å². The maximum Gasteiger partial charge on any atom is 0.0949 e. The van der Waals surface area contributed by atoms with E-state index in [1.165, 1.54) is 0 Å². The fourth-order valence-corrected chi connectivity index (χ4v) is 1.48. The molecule has 1 heterocycles. The number of rotatable bonds is 6. The first-order valence-electron chi connectivity index (χ1n) is 5.49. The van der Waals surface area contributed by atoms with Gasteiger partial charge >= 0.3 is 0 Å². The zero-order chi connectivity index (χ0) is 11.3. The Morgan fingerprint density at radius 3 is 2.93 bits per heavy atom. The fourth-order valence-electron chi connectivity index (χ4n) is 1.48. The average molecular weight is 211 g/mol. The molecule has 4 nitrogen and oxygen atoms in total. The van der Waals surface area contributed by atoms with Gasteiger partial charge in [-0.05, 0) is 20.4 Å². The molecule has 1 aromatic rings. The number of nitrogens with zero attached hydrogens (tertiary/aromatic N) is 3. The molecular formula is C11H21N3O. The highest BCUT2D eigenvalue weighted by molar-refractivity contribution is 4.95. The van der Waals surface area contributed by atoms with Crippen molar-refractivity contribution in [1.29, 1.82) is 0 Å². The largest absolute Gasteiger partial charge is 0.390 e. The molecule has 1 atom stereocenters. The summed E-state index contributed by atoms with van der Waals surface area (Å²) in [6.07, 6.45) is 4.65. The Labute approximate surface area is 91.5 Å². The first-order chi connectivity index (χ1) is 7.19. The van der Waals surface area contributed by atoms with Crippen molar-refractivity contribution >= 4 is 0 Å². The summed E-state index contributed by atoms with van der Waals surface area (Å²) >= 11 is 0. The Hall–Kier alpha value is -0.870. The van der Waals surface area contributed by atoms with Gasteiger partial charge in [-0.2, -0.15) is 0 Å². The summed E-state index contributed by atoms with van der Waals surface area (Å²) in [7, 11) is 2.13. The molecule has 0 saturated carbocycles. The Balaban J connectivity index is 2.43. The van der Waals surface area contributed by atoms with Crippen LogP contribution in [0.25, 0.3) is 0 Å². The first-order valence-corrected chi connectivity index (χ1v) is 5.49. The van der Waals surface area contributed by atoms with Gasteiger partial charge in [-0.15, -0.1) is 0 Å². The van der Waals surface area contributed by atoms with E-state index in [-0.39, 0.29) is 6.61 Å². The van der Waals surface area contributed by atoms with Crippen molar-refractivity contribution in [2.75, 3.05) is 13.6 Å². The van der Waals surface area contributed by atoms with E-state index in [1.807, 2.05) is 4.57 Å². The third kappa shape index (κ3) is 3.32. The van der Waals surface area contributed by atoms with E-state index in [0.29, 0.717) is 6.04 Å². The normalized spacial score (nSPS) is 13.4. The molecule has 1 rings (SSSR count). The summed E-state index contributed by atoms with van der Waals surface area (Å²) in [6, 6.07) is 0.603. The van der Waals surface area contributed by atoms with Crippen LogP contribution in [0.1, 0.15) is 26.0 Å². The van der Waals surface area contributed by atoms with Crippen LogP contribution in [0.4, 0.5) is 0 Å². The zero-order valence-electron chi connectivity index (χ0n) is 9.85.